The molecule has 2 nitrogen and oxygen atoms in total. The van der Waals surface area contributed by atoms with Gasteiger partial charge in [-0.2, -0.15) is 0 Å². The molecule has 1 atom stereocenters. The molecule has 0 amide bonds. The summed E-state index contributed by atoms with van der Waals surface area (Å²) < 4.78 is 5.24. The maximum Gasteiger partial charge on any atom is 0.0657 e. The predicted molar refractivity (Wildman–Crippen MR) is 63.9 cm³/mol. The Morgan fingerprint density at radius 3 is 2.27 bits per heavy atom. The van der Waals surface area contributed by atoms with E-state index >= 15 is 0 Å². The molecule has 1 unspecified atom stereocenters. The molecule has 0 radical (unpaired) electrons. The Morgan fingerprint density at radius 1 is 1.20 bits per heavy atom. The summed E-state index contributed by atoms with van der Waals surface area (Å²) in [5.74, 6) is 0. The highest BCUT2D eigenvalue weighted by Crippen LogP contribution is 2.16. The van der Waals surface area contributed by atoms with E-state index in [0.717, 1.165) is 0 Å². The molecule has 0 spiro atoms. The number of hydrogen-bond acceptors (Lipinski definition) is 2. The zero-order valence-electron chi connectivity index (χ0n) is 10.1. The normalized spacial score (nSPS) is 13.9. The van der Waals surface area contributed by atoms with Crippen molar-refractivity contribution < 1.29 is 4.74 Å². The molecule has 0 bridgehead atoms. The SMILES string of the molecule is COCC(NC(C)(C)C)c1ccccc1. The summed E-state index contributed by atoms with van der Waals surface area (Å²) in [7, 11) is 1.74. The van der Waals surface area contributed by atoms with Crippen molar-refractivity contribution >= 4 is 0 Å². The van der Waals surface area contributed by atoms with Crippen molar-refractivity contribution in [2.45, 2.75) is 32.4 Å². The lowest BCUT2D eigenvalue weighted by molar-refractivity contribution is 0.153. The standard InChI is InChI=1S/C13H21NO/c1-13(2,3)14-12(10-15-4)11-8-6-5-7-9-11/h5-9,12,14H,10H2,1-4H3. The maximum absolute atomic E-state index is 5.24. The second-order valence-electron chi connectivity index (χ2n) is 4.81. The van der Waals surface area contributed by atoms with Crippen LogP contribution in [0.2, 0.25) is 0 Å². The van der Waals surface area contributed by atoms with Gasteiger partial charge in [-0.1, -0.05) is 30.3 Å². The van der Waals surface area contributed by atoms with E-state index in [9.17, 15) is 0 Å². The van der Waals surface area contributed by atoms with E-state index in [1.54, 1.807) is 7.11 Å². The minimum atomic E-state index is 0.0963. The first-order valence-corrected chi connectivity index (χ1v) is 5.34. The number of methoxy groups -OCH3 is 1. The molecule has 1 aromatic rings. The van der Waals surface area contributed by atoms with Crippen LogP contribution in [0.15, 0.2) is 30.3 Å². The highest BCUT2D eigenvalue weighted by Gasteiger charge is 2.18. The molecule has 0 fully saturated rings. The highest BCUT2D eigenvalue weighted by molar-refractivity contribution is 5.19. The first-order chi connectivity index (χ1) is 7.03. The van der Waals surface area contributed by atoms with Crippen molar-refractivity contribution in [1.29, 1.82) is 0 Å². The molecule has 0 aromatic heterocycles. The average Bonchev–Trinajstić information content (AvgIpc) is 2.17. The van der Waals surface area contributed by atoms with E-state index in [-0.39, 0.29) is 11.6 Å². The van der Waals surface area contributed by atoms with Crippen LogP contribution in [0.1, 0.15) is 32.4 Å². The van der Waals surface area contributed by atoms with Gasteiger partial charge >= 0.3 is 0 Å². The monoisotopic (exact) mass is 207 g/mol. The Morgan fingerprint density at radius 2 is 1.80 bits per heavy atom. The number of rotatable bonds is 4. The molecule has 1 rings (SSSR count). The van der Waals surface area contributed by atoms with Gasteiger partial charge < -0.3 is 10.1 Å². The number of nitrogens with one attached hydrogen (secondary N) is 1. The van der Waals surface area contributed by atoms with E-state index in [1.165, 1.54) is 5.56 Å². The third-order valence-corrected chi connectivity index (χ3v) is 2.14. The molecule has 0 heterocycles. The summed E-state index contributed by atoms with van der Waals surface area (Å²) in [4.78, 5) is 0. The fourth-order valence-corrected chi connectivity index (χ4v) is 1.60. The van der Waals surface area contributed by atoms with Gasteiger partial charge in [0.25, 0.3) is 0 Å². The van der Waals surface area contributed by atoms with Gasteiger partial charge in [-0.15, -0.1) is 0 Å². The van der Waals surface area contributed by atoms with Crippen LogP contribution in [-0.4, -0.2) is 19.3 Å². The van der Waals surface area contributed by atoms with E-state index in [1.807, 2.05) is 6.07 Å². The summed E-state index contributed by atoms with van der Waals surface area (Å²) in [5, 5.41) is 3.55. The van der Waals surface area contributed by atoms with Crippen LogP contribution in [0.5, 0.6) is 0 Å². The van der Waals surface area contributed by atoms with Gasteiger partial charge in [0.2, 0.25) is 0 Å². The van der Waals surface area contributed by atoms with Gasteiger partial charge in [-0.25, -0.2) is 0 Å². The van der Waals surface area contributed by atoms with Crippen LogP contribution in [0.4, 0.5) is 0 Å². The average molecular weight is 207 g/mol. The van der Waals surface area contributed by atoms with E-state index in [4.69, 9.17) is 4.74 Å². The van der Waals surface area contributed by atoms with Crippen LogP contribution in [0.3, 0.4) is 0 Å². The molecule has 1 N–H and O–H groups in total. The van der Waals surface area contributed by atoms with Crippen molar-refractivity contribution in [2.75, 3.05) is 13.7 Å². The summed E-state index contributed by atoms with van der Waals surface area (Å²) in [5.41, 5.74) is 1.37. The molecule has 0 saturated heterocycles. The van der Waals surface area contributed by atoms with E-state index in [2.05, 4.69) is 50.4 Å². The molecule has 84 valence electrons. The maximum atomic E-state index is 5.24. The Bertz CT molecular complexity index is 276. The number of benzene rings is 1. The molecule has 1 aromatic carbocycles. The molecule has 0 aliphatic carbocycles. The lowest BCUT2D eigenvalue weighted by atomic mass is 10.0. The summed E-state index contributed by atoms with van der Waals surface area (Å²) >= 11 is 0. The number of hydrogen-bond donors (Lipinski definition) is 1. The van der Waals surface area contributed by atoms with Gasteiger partial charge in [0.1, 0.15) is 0 Å². The van der Waals surface area contributed by atoms with Crippen LogP contribution < -0.4 is 5.32 Å². The van der Waals surface area contributed by atoms with Gasteiger partial charge in [0.15, 0.2) is 0 Å². The molecule has 15 heavy (non-hydrogen) atoms. The molecular formula is C13H21NO. The second kappa shape index (κ2) is 5.29. The molecule has 0 aliphatic heterocycles. The predicted octanol–water partition coefficient (Wildman–Crippen LogP) is 2.76. The van der Waals surface area contributed by atoms with Gasteiger partial charge in [0, 0.05) is 12.6 Å². The fraction of sp³-hybridized carbons (Fsp3) is 0.538. The first kappa shape index (κ1) is 12.2. The largest absolute Gasteiger partial charge is 0.383 e. The Hall–Kier alpha value is -0.860. The molecule has 0 aliphatic rings. The van der Waals surface area contributed by atoms with Gasteiger partial charge in [-0.3, -0.25) is 0 Å². The van der Waals surface area contributed by atoms with Crippen LogP contribution in [-0.2, 0) is 4.74 Å². The topological polar surface area (TPSA) is 21.3 Å². The van der Waals surface area contributed by atoms with Crippen molar-refractivity contribution in [3.05, 3.63) is 35.9 Å². The van der Waals surface area contributed by atoms with Crippen molar-refractivity contribution in [1.82, 2.24) is 5.32 Å². The Kier molecular flexibility index (Phi) is 4.30. The lowest BCUT2D eigenvalue weighted by Crippen LogP contribution is -2.40. The highest BCUT2D eigenvalue weighted by atomic mass is 16.5. The number of ether oxygens (including phenoxy) is 1. The zero-order chi connectivity index (χ0) is 11.3. The molecular weight excluding hydrogens is 186 g/mol. The smallest absolute Gasteiger partial charge is 0.0657 e. The third-order valence-electron chi connectivity index (χ3n) is 2.14. The van der Waals surface area contributed by atoms with Gasteiger partial charge in [-0.05, 0) is 26.3 Å². The molecule has 0 saturated carbocycles. The van der Waals surface area contributed by atoms with Crippen molar-refractivity contribution in [3.63, 3.8) is 0 Å². The minimum absolute atomic E-state index is 0.0963. The summed E-state index contributed by atoms with van der Waals surface area (Å²) in [6, 6.07) is 10.7. The van der Waals surface area contributed by atoms with Crippen molar-refractivity contribution in [3.8, 4) is 0 Å². The quantitative estimate of drug-likeness (QED) is 0.819. The second-order valence-corrected chi connectivity index (χ2v) is 4.81. The fourth-order valence-electron chi connectivity index (χ4n) is 1.60. The Balaban J connectivity index is 2.75. The first-order valence-electron chi connectivity index (χ1n) is 5.34. The minimum Gasteiger partial charge on any atom is -0.383 e. The van der Waals surface area contributed by atoms with E-state index in [0.29, 0.717) is 6.61 Å². The van der Waals surface area contributed by atoms with Crippen LogP contribution in [0, 0.1) is 0 Å². The molecule has 2 heteroatoms. The van der Waals surface area contributed by atoms with Crippen molar-refractivity contribution in [2.24, 2.45) is 0 Å². The van der Waals surface area contributed by atoms with E-state index < -0.39 is 0 Å². The van der Waals surface area contributed by atoms with Crippen LogP contribution in [0.25, 0.3) is 0 Å². The Labute approximate surface area is 92.6 Å². The van der Waals surface area contributed by atoms with Crippen LogP contribution >= 0.6 is 0 Å². The third kappa shape index (κ3) is 4.45. The zero-order valence-corrected chi connectivity index (χ0v) is 10.1. The summed E-state index contributed by atoms with van der Waals surface area (Å²) in [6.07, 6.45) is 0. The van der Waals surface area contributed by atoms with Gasteiger partial charge in [0.05, 0.1) is 12.6 Å². The lowest BCUT2D eigenvalue weighted by Gasteiger charge is -2.28. The summed E-state index contributed by atoms with van der Waals surface area (Å²) in [6.45, 7) is 7.19.